The molecule has 1 aliphatic rings. The Hall–Kier alpha value is -1.16. The lowest BCUT2D eigenvalue weighted by atomic mass is 9.97. The van der Waals surface area contributed by atoms with Crippen molar-refractivity contribution in [1.82, 2.24) is 5.32 Å². The van der Waals surface area contributed by atoms with Crippen LogP contribution in [0.5, 0.6) is 0 Å². The molecule has 19 heavy (non-hydrogen) atoms. The van der Waals surface area contributed by atoms with E-state index in [0.29, 0.717) is 5.92 Å². The van der Waals surface area contributed by atoms with Crippen molar-refractivity contribution in [3.63, 3.8) is 0 Å². The molecule has 0 bridgehead atoms. The van der Waals surface area contributed by atoms with E-state index >= 15 is 0 Å². The highest BCUT2D eigenvalue weighted by atomic mass is 32.1. The normalized spacial score (nSPS) is 16.5. The summed E-state index contributed by atoms with van der Waals surface area (Å²) in [5.74, 6) is 0.716. The van der Waals surface area contributed by atoms with E-state index in [2.05, 4.69) is 47.1 Å². The van der Waals surface area contributed by atoms with Crippen molar-refractivity contribution in [3.8, 4) is 0 Å². The van der Waals surface area contributed by atoms with E-state index < -0.39 is 0 Å². The second-order valence-corrected chi connectivity index (χ2v) is 6.13. The van der Waals surface area contributed by atoms with Crippen molar-refractivity contribution >= 4 is 11.3 Å². The van der Waals surface area contributed by atoms with Crippen LogP contribution in [0.25, 0.3) is 0 Å². The largest absolute Gasteiger partial charge is 0.394 e. The maximum Gasteiger partial charge on any atom is 0.0626 e. The van der Waals surface area contributed by atoms with Gasteiger partial charge in [-0.05, 0) is 41.3 Å². The lowest BCUT2D eigenvalue weighted by molar-refractivity contribution is 0.243. The summed E-state index contributed by atoms with van der Waals surface area (Å²) in [6.45, 7) is 0.969. The van der Waals surface area contributed by atoms with E-state index in [0.717, 1.165) is 6.54 Å². The van der Waals surface area contributed by atoms with Crippen LogP contribution in [0.4, 0.5) is 0 Å². The van der Waals surface area contributed by atoms with E-state index in [1.807, 2.05) is 0 Å². The Morgan fingerprint density at radius 2 is 2.05 bits per heavy atom. The molecule has 100 valence electrons. The Morgan fingerprint density at radius 1 is 1.21 bits per heavy atom. The van der Waals surface area contributed by atoms with Crippen molar-refractivity contribution in [2.24, 2.45) is 0 Å². The van der Waals surface area contributed by atoms with Crippen LogP contribution >= 0.6 is 11.3 Å². The lowest BCUT2D eigenvalue weighted by Crippen LogP contribution is -2.24. The zero-order chi connectivity index (χ0) is 13.1. The van der Waals surface area contributed by atoms with Gasteiger partial charge in [-0.2, -0.15) is 0 Å². The first-order valence-electron chi connectivity index (χ1n) is 6.84. The predicted molar refractivity (Wildman–Crippen MR) is 79.4 cm³/mol. The number of benzene rings is 1. The van der Waals surface area contributed by atoms with Crippen LogP contribution in [0, 0.1) is 0 Å². The zero-order valence-corrected chi connectivity index (χ0v) is 11.7. The molecule has 3 heteroatoms. The van der Waals surface area contributed by atoms with Crippen LogP contribution in [-0.2, 0) is 6.54 Å². The summed E-state index contributed by atoms with van der Waals surface area (Å²) in [5.41, 5.74) is 2.68. The van der Waals surface area contributed by atoms with Crippen LogP contribution in [-0.4, -0.2) is 11.7 Å². The van der Waals surface area contributed by atoms with Gasteiger partial charge in [-0.25, -0.2) is 0 Å². The molecule has 1 aromatic carbocycles. The van der Waals surface area contributed by atoms with Crippen molar-refractivity contribution in [3.05, 3.63) is 57.8 Å². The fourth-order valence-electron chi connectivity index (χ4n) is 2.50. The van der Waals surface area contributed by atoms with Gasteiger partial charge < -0.3 is 10.4 Å². The average Bonchev–Trinajstić information content (AvgIpc) is 3.17. The van der Waals surface area contributed by atoms with E-state index in [-0.39, 0.29) is 12.6 Å². The molecule has 0 amide bonds. The number of rotatable bonds is 6. The first-order chi connectivity index (χ1) is 9.38. The molecule has 1 aromatic heterocycles. The van der Waals surface area contributed by atoms with Gasteiger partial charge in [0.05, 0.1) is 12.6 Å². The summed E-state index contributed by atoms with van der Waals surface area (Å²) in [6.07, 6.45) is 2.58. The Kier molecular flexibility index (Phi) is 3.97. The minimum Gasteiger partial charge on any atom is -0.394 e. The van der Waals surface area contributed by atoms with E-state index in [1.165, 1.54) is 28.8 Å². The van der Waals surface area contributed by atoms with Gasteiger partial charge in [0.15, 0.2) is 0 Å². The van der Waals surface area contributed by atoms with Gasteiger partial charge in [-0.15, -0.1) is 11.3 Å². The Bertz CT molecular complexity index is 519. The third-order valence-corrected chi connectivity index (χ3v) is 4.55. The van der Waals surface area contributed by atoms with Crippen LogP contribution in [0.1, 0.15) is 40.8 Å². The molecule has 0 aliphatic heterocycles. The summed E-state index contributed by atoms with van der Waals surface area (Å²) in [7, 11) is 0. The molecule has 1 heterocycles. The maximum atomic E-state index is 9.68. The number of hydrogen-bond donors (Lipinski definition) is 2. The fraction of sp³-hybridized carbons (Fsp3) is 0.375. The summed E-state index contributed by atoms with van der Waals surface area (Å²) in [5, 5.41) is 15.2. The molecule has 1 aliphatic carbocycles. The molecule has 2 N–H and O–H groups in total. The van der Waals surface area contributed by atoms with E-state index in [4.69, 9.17) is 0 Å². The molecule has 0 spiro atoms. The fourth-order valence-corrected chi connectivity index (χ4v) is 3.16. The molecule has 1 unspecified atom stereocenters. The number of thiophene rings is 1. The minimum atomic E-state index is 0.0406. The van der Waals surface area contributed by atoms with Gasteiger partial charge in [0.25, 0.3) is 0 Å². The maximum absolute atomic E-state index is 9.68. The van der Waals surface area contributed by atoms with E-state index in [1.54, 1.807) is 11.3 Å². The smallest absolute Gasteiger partial charge is 0.0626 e. The number of nitrogens with one attached hydrogen (secondary N) is 1. The van der Waals surface area contributed by atoms with Gasteiger partial charge in [0, 0.05) is 11.4 Å². The molecule has 1 atom stereocenters. The molecular weight excluding hydrogens is 254 g/mol. The van der Waals surface area contributed by atoms with E-state index in [9.17, 15) is 5.11 Å². The van der Waals surface area contributed by atoms with Gasteiger partial charge in [-0.3, -0.25) is 0 Å². The topological polar surface area (TPSA) is 32.3 Å². The summed E-state index contributed by atoms with van der Waals surface area (Å²) in [6, 6.07) is 12.8. The summed E-state index contributed by atoms with van der Waals surface area (Å²) < 4.78 is 0. The average molecular weight is 273 g/mol. The number of aliphatic hydroxyl groups excluding tert-OH is 1. The highest BCUT2D eigenvalue weighted by molar-refractivity contribution is 7.09. The second kappa shape index (κ2) is 5.87. The van der Waals surface area contributed by atoms with Crippen molar-refractivity contribution in [2.75, 3.05) is 6.61 Å². The Morgan fingerprint density at radius 3 is 2.74 bits per heavy atom. The third-order valence-electron chi connectivity index (χ3n) is 3.67. The first-order valence-corrected chi connectivity index (χ1v) is 7.72. The van der Waals surface area contributed by atoms with Crippen LogP contribution in [0.15, 0.2) is 41.8 Å². The summed E-state index contributed by atoms with van der Waals surface area (Å²) in [4.78, 5) is 1.31. The first kappa shape index (κ1) is 12.9. The van der Waals surface area contributed by atoms with Crippen LogP contribution in [0.2, 0.25) is 0 Å². The second-order valence-electron chi connectivity index (χ2n) is 5.10. The molecule has 3 rings (SSSR count). The lowest BCUT2D eigenvalue weighted by Gasteiger charge is -2.19. The third kappa shape index (κ3) is 3.06. The van der Waals surface area contributed by atoms with Crippen molar-refractivity contribution < 1.29 is 5.11 Å². The zero-order valence-electron chi connectivity index (χ0n) is 10.9. The minimum absolute atomic E-state index is 0.0406. The molecular formula is C16H19NOS. The van der Waals surface area contributed by atoms with Crippen LogP contribution in [0.3, 0.4) is 0 Å². The number of hydrogen-bond acceptors (Lipinski definition) is 3. The van der Waals surface area contributed by atoms with Crippen LogP contribution < -0.4 is 5.32 Å². The molecule has 2 aromatic rings. The monoisotopic (exact) mass is 273 g/mol. The Balaban J connectivity index is 1.74. The van der Waals surface area contributed by atoms with Gasteiger partial charge >= 0.3 is 0 Å². The highest BCUT2D eigenvalue weighted by Crippen LogP contribution is 2.42. The standard InChI is InChI=1S/C16H19NOS/c18-11-16(17-10-13-4-3-9-19-13)15-6-2-1-5-14(15)12-7-8-12/h1-6,9,12,16-18H,7-8,10-11H2. The molecule has 0 saturated heterocycles. The SMILES string of the molecule is OCC(NCc1cccs1)c1ccccc1C1CC1. The van der Waals surface area contributed by atoms with Gasteiger partial charge in [-0.1, -0.05) is 30.3 Å². The van der Waals surface area contributed by atoms with Gasteiger partial charge in [0.2, 0.25) is 0 Å². The quantitative estimate of drug-likeness (QED) is 0.845. The molecule has 1 saturated carbocycles. The van der Waals surface area contributed by atoms with Crippen molar-refractivity contribution in [1.29, 1.82) is 0 Å². The summed E-state index contributed by atoms with van der Waals surface area (Å²) >= 11 is 1.75. The van der Waals surface area contributed by atoms with Crippen molar-refractivity contribution in [2.45, 2.75) is 31.3 Å². The highest BCUT2D eigenvalue weighted by Gasteiger charge is 2.27. The number of aliphatic hydroxyl groups is 1. The van der Waals surface area contributed by atoms with Gasteiger partial charge in [0.1, 0.15) is 0 Å². The molecule has 2 nitrogen and oxygen atoms in total. The predicted octanol–water partition coefficient (Wildman–Crippen LogP) is 3.45. The Labute approximate surface area is 118 Å². The molecule has 0 radical (unpaired) electrons. The molecule has 1 fully saturated rings.